The van der Waals surface area contributed by atoms with Crippen LogP contribution < -0.4 is 16.0 Å². The van der Waals surface area contributed by atoms with Gasteiger partial charge in [-0.2, -0.15) is 0 Å². The van der Waals surface area contributed by atoms with E-state index in [0.717, 1.165) is 0 Å². The highest BCUT2D eigenvalue weighted by Gasteiger charge is 2.43. The second-order valence-electron chi connectivity index (χ2n) is 16.1. The minimum Gasteiger partial charge on any atom is -0.480 e. The summed E-state index contributed by atoms with van der Waals surface area (Å²) < 4.78 is 13.2. The number of methoxy groups -OCH3 is 2. The van der Waals surface area contributed by atoms with Gasteiger partial charge in [-0.25, -0.2) is 9.48 Å². The Morgan fingerprint density at radius 3 is 2.22 bits per heavy atom. The molecule has 0 bridgehead atoms. The molecule has 0 aliphatic carbocycles. The molecule has 16 nitrogen and oxygen atoms in total. The zero-order valence-corrected chi connectivity index (χ0v) is 36.7. The summed E-state index contributed by atoms with van der Waals surface area (Å²) in [6.45, 7) is 13.6. The van der Waals surface area contributed by atoms with Crippen LogP contribution in [0.3, 0.4) is 0 Å². The fourth-order valence-electron chi connectivity index (χ4n) is 7.89. The van der Waals surface area contributed by atoms with Crippen LogP contribution in [-0.4, -0.2) is 137 Å². The number of aromatic nitrogens is 3. The van der Waals surface area contributed by atoms with Gasteiger partial charge in [-0.15, -0.1) is 5.10 Å². The smallest absolute Gasteiger partial charge is 0.328 e. The number of nitrogens with one attached hydrogen (secondary N) is 3. The maximum atomic E-state index is 14.2. The number of carboxylic acids is 1. The Hall–Kier alpha value is -4.12. The predicted molar refractivity (Wildman–Crippen MR) is 221 cm³/mol. The highest BCUT2D eigenvalue weighted by atomic mass is 35.5. The SMILES string of the molecule is CC[C@H](C)[C@@H]([C@@H](CC(=O)N1CCC[C@H]1[C@H](OC)[C@@H](C)C(=O)N[C@@H](Cn1cc(-c2cccc(Cl)c2)nn1)C(=O)O)OC)N(C)C(=O)[C@@H](NC(=O)[C@@H](NC)C(C)C)C(C)C. The number of hydrogen-bond acceptors (Lipinski definition) is 10. The van der Waals surface area contributed by atoms with Crippen LogP contribution in [0.4, 0.5) is 0 Å². The van der Waals surface area contributed by atoms with Crippen molar-refractivity contribution in [1.29, 1.82) is 0 Å². The Morgan fingerprint density at radius 1 is 1.00 bits per heavy atom. The molecule has 1 aliphatic rings. The van der Waals surface area contributed by atoms with E-state index < -0.39 is 60.2 Å². The molecular weight excluding hydrogens is 768 g/mol. The summed E-state index contributed by atoms with van der Waals surface area (Å²) in [5.41, 5.74) is 1.20. The molecule has 0 spiro atoms. The zero-order valence-electron chi connectivity index (χ0n) is 35.9. The average Bonchev–Trinajstić information content (AvgIpc) is 3.86. The number of carbonyl (C=O) groups excluding carboxylic acids is 4. The first kappa shape index (κ1) is 48.3. The summed E-state index contributed by atoms with van der Waals surface area (Å²) in [4.78, 5) is 70.9. The van der Waals surface area contributed by atoms with Gasteiger partial charge >= 0.3 is 5.97 Å². The molecule has 2 heterocycles. The van der Waals surface area contributed by atoms with Crippen LogP contribution in [0, 0.1) is 23.7 Å². The fourth-order valence-corrected chi connectivity index (χ4v) is 8.08. The van der Waals surface area contributed by atoms with Crippen molar-refractivity contribution < 1.29 is 38.6 Å². The van der Waals surface area contributed by atoms with Crippen LogP contribution in [-0.2, 0) is 40.0 Å². The summed E-state index contributed by atoms with van der Waals surface area (Å²) >= 11 is 6.11. The van der Waals surface area contributed by atoms with Gasteiger partial charge in [0.25, 0.3) is 0 Å². The van der Waals surface area contributed by atoms with E-state index in [-0.39, 0.29) is 48.4 Å². The van der Waals surface area contributed by atoms with Crippen molar-refractivity contribution in [3.05, 3.63) is 35.5 Å². The summed E-state index contributed by atoms with van der Waals surface area (Å²) in [5.74, 6) is -3.66. The minimum atomic E-state index is -1.33. The Balaban J connectivity index is 1.76. The highest BCUT2D eigenvalue weighted by Crippen LogP contribution is 2.30. The van der Waals surface area contributed by atoms with E-state index in [4.69, 9.17) is 21.1 Å². The number of carboxylic acid groups (broad SMARTS) is 1. The summed E-state index contributed by atoms with van der Waals surface area (Å²) in [6, 6.07) is 3.44. The first-order valence-corrected chi connectivity index (χ1v) is 20.6. The van der Waals surface area contributed by atoms with Crippen molar-refractivity contribution in [1.82, 2.24) is 40.7 Å². The fraction of sp³-hybridized carbons (Fsp3) is 0.683. The third-order valence-electron chi connectivity index (χ3n) is 11.4. The molecule has 17 heteroatoms. The second-order valence-corrected chi connectivity index (χ2v) is 16.5. The number of halogens is 1. The average molecular weight is 833 g/mol. The molecule has 324 valence electrons. The van der Waals surface area contributed by atoms with Gasteiger partial charge in [0.05, 0.1) is 55.4 Å². The lowest BCUT2D eigenvalue weighted by atomic mass is 9.89. The number of likely N-dealkylation sites (N-methyl/N-ethyl adjacent to an activating group) is 2. The normalized spacial score (nSPS) is 18.5. The number of carbonyl (C=O) groups is 5. The van der Waals surface area contributed by atoms with E-state index >= 15 is 0 Å². The van der Waals surface area contributed by atoms with Crippen molar-refractivity contribution in [2.75, 3.05) is 34.9 Å². The van der Waals surface area contributed by atoms with Gasteiger partial charge in [0.1, 0.15) is 17.8 Å². The number of amides is 4. The minimum absolute atomic E-state index is 0.00860. The van der Waals surface area contributed by atoms with E-state index in [2.05, 4.69) is 26.3 Å². The second kappa shape index (κ2) is 22.3. The molecule has 0 radical (unpaired) electrons. The van der Waals surface area contributed by atoms with E-state index in [1.54, 1.807) is 61.3 Å². The van der Waals surface area contributed by atoms with Gasteiger partial charge in [-0.05, 0) is 49.8 Å². The third-order valence-corrected chi connectivity index (χ3v) is 11.6. The third kappa shape index (κ3) is 12.2. The molecule has 1 aromatic carbocycles. The molecule has 4 N–H and O–H groups in total. The number of rotatable bonds is 22. The van der Waals surface area contributed by atoms with Crippen LogP contribution in [0.25, 0.3) is 11.3 Å². The van der Waals surface area contributed by atoms with E-state index in [0.29, 0.717) is 42.1 Å². The van der Waals surface area contributed by atoms with Gasteiger partial charge < -0.3 is 40.3 Å². The molecule has 58 heavy (non-hydrogen) atoms. The Kier molecular flexibility index (Phi) is 18.6. The molecule has 9 atom stereocenters. The zero-order chi connectivity index (χ0) is 43.4. The van der Waals surface area contributed by atoms with Gasteiger partial charge in [-0.3, -0.25) is 19.2 Å². The molecule has 1 aromatic heterocycles. The molecule has 4 amide bonds. The topological polar surface area (TPSA) is 197 Å². The number of aliphatic carboxylic acids is 1. The van der Waals surface area contributed by atoms with Crippen molar-refractivity contribution in [2.45, 2.75) is 123 Å². The lowest BCUT2D eigenvalue weighted by Crippen LogP contribution is -2.59. The largest absolute Gasteiger partial charge is 0.480 e. The molecule has 2 aromatic rings. The quantitative estimate of drug-likeness (QED) is 0.136. The van der Waals surface area contributed by atoms with Gasteiger partial charge in [0, 0.05) is 38.4 Å². The summed E-state index contributed by atoms with van der Waals surface area (Å²) in [6.07, 6.45) is 2.05. The molecule has 1 saturated heterocycles. The Bertz CT molecular complexity index is 1690. The first-order valence-electron chi connectivity index (χ1n) is 20.2. The van der Waals surface area contributed by atoms with Crippen molar-refractivity contribution >= 4 is 41.2 Å². The lowest BCUT2D eigenvalue weighted by Gasteiger charge is -2.41. The van der Waals surface area contributed by atoms with Gasteiger partial charge in [-0.1, -0.05) is 83.8 Å². The van der Waals surface area contributed by atoms with Crippen LogP contribution in [0.5, 0.6) is 0 Å². The molecule has 1 fully saturated rings. The van der Waals surface area contributed by atoms with Crippen LogP contribution in [0.1, 0.15) is 74.1 Å². The van der Waals surface area contributed by atoms with E-state index in [1.165, 1.54) is 18.9 Å². The maximum Gasteiger partial charge on any atom is 0.328 e. The van der Waals surface area contributed by atoms with Crippen LogP contribution in [0.15, 0.2) is 30.5 Å². The standard InChI is InChI=1S/C41H65ClN8O8/c1-12-25(6)36(48(9)40(54)35(24(4)5)45-39(53)34(43-8)23(2)3)32(57-10)20-33(51)50-18-14-17-31(50)37(58-11)26(7)38(52)44-30(41(55)56)22-49-21-29(46-47-49)27-15-13-16-28(42)19-27/h13,15-16,19,21,23-26,30-32,34-37,43H,12,14,17-18,20,22H2,1-11H3,(H,44,52)(H,45,53)(H,55,56)/t25-,26+,30-,31-,32+,34-,35-,36-,37+/m0/s1. The lowest BCUT2D eigenvalue weighted by molar-refractivity contribution is -0.148. The maximum absolute atomic E-state index is 14.2. The molecule has 1 aliphatic heterocycles. The molecule has 3 rings (SSSR count). The number of hydrogen-bond donors (Lipinski definition) is 4. The monoisotopic (exact) mass is 832 g/mol. The van der Waals surface area contributed by atoms with Crippen molar-refractivity contribution in [2.24, 2.45) is 23.7 Å². The molecule has 0 saturated carbocycles. The molecular formula is C41H65ClN8O8. The number of ether oxygens (including phenoxy) is 2. The summed E-state index contributed by atoms with van der Waals surface area (Å²) in [5, 5.41) is 27.4. The van der Waals surface area contributed by atoms with Gasteiger partial charge in [0.2, 0.25) is 23.6 Å². The van der Waals surface area contributed by atoms with Crippen LogP contribution in [0.2, 0.25) is 5.02 Å². The Labute approximate surface area is 348 Å². The predicted octanol–water partition coefficient (Wildman–Crippen LogP) is 3.47. The highest BCUT2D eigenvalue weighted by molar-refractivity contribution is 6.30. The van der Waals surface area contributed by atoms with Crippen LogP contribution >= 0.6 is 11.6 Å². The first-order chi connectivity index (χ1) is 27.4. The van der Waals surface area contributed by atoms with E-state index in [9.17, 15) is 29.1 Å². The number of benzene rings is 1. The summed E-state index contributed by atoms with van der Waals surface area (Å²) in [7, 11) is 6.40. The van der Waals surface area contributed by atoms with E-state index in [1.807, 2.05) is 41.5 Å². The number of nitrogens with zero attached hydrogens (tertiary/aromatic N) is 5. The van der Waals surface area contributed by atoms with Crippen molar-refractivity contribution in [3.8, 4) is 11.3 Å². The number of likely N-dealkylation sites (tertiary alicyclic amines) is 1. The Morgan fingerprint density at radius 2 is 1.67 bits per heavy atom. The van der Waals surface area contributed by atoms with Gasteiger partial charge in [0.15, 0.2) is 0 Å². The molecule has 0 unspecified atom stereocenters. The van der Waals surface area contributed by atoms with Crippen molar-refractivity contribution in [3.63, 3.8) is 0 Å².